The van der Waals surface area contributed by atoms with Crippen molar-refractivity contribution in [2.45, 2.75) is 70.8 Å². The van der Waals surface area contributed by atoms with Gasteiger partial charge in [0.25, 0.3) is 0 Å². The summed E-state index contributed by atoms with van der Waals surface area (Å²) in [6, 6.07) is 3.16. The van der Waals surface area contributed by atoms with Gasteiger partial charge in [-0.2, -0.15) is 0 Å². The van der Waals surface area contributed by atoms with Crippen LogP contribution in [0.4, 0.5) is 0 Å². The van der Waals surface area contributed by atoms with E-state index in [9.17, 15) is 0 Å². The van der Waals surface area contributed by atoms with Crippen molar-refractivity contribution in [1.82, 2.24) is 5.32 Å². The first kappa shape index (κ1) is 13.6. The quantitative estimate of drug-likeness (QED) is 0.783. The molecule has 2 aliphatic rings. The van der Waals surface area contributed by atoms with Crippen molar-refractivity contribution >= 4 is 11.3 Å². The second-order valence-electron chi connectivity index (χ2n) is 6.34. The zero-order valence-electron chi connectivity index (χ0n) is 12.2. The van der Waals surface area contributed by atoms with Gasteiger partial charge in [0, 0.05) is 15.8 Å². The molecule has 1 aromatic rings. The monoisotopic (exact) mass is 277 g/mol. The molecule has 2 aliphatic carbocycles. The summed E-state index contributed by atoms with van der Waals surface area (Å²) in [7, 11) is 0. The number of aryl methyl sites for hydroxylation is 2. The van der Waals surface area contributed by atoms with Gasteiger partial charge >= 0.3 is 0 Å². The molecule has 1 N–H and O–H groups in total. The van der Waals surface area contributed by atoms with E-state index in [0.717, 1.165) is 5.92 Å². The van der Waals surface area contributed by atoms with Crippen molar-refractivity contribution in [2.75, 3.05) is 6.54 Å². The summed E-state index contributed by atoms with van der Waals surface area (Å²) >= 11 is 2.10. The summed E-state index contributed by atoms with van der Waals surface area (Å²) in [6.07, 6.45) is 12.5. The van der Waals surface area contributed by atoms with E-state index in [4.69, 9.17) is 0 Å². The lowest BCUT2D eigenvalue weighted by Crippen LogP contribution is -2.23. The van der Waals surface area contributed by atoms with Crippen LogP contribution < -0.4 is 5.32 Å². The highest BCUT2D eigenvalue weighted by Crippen LogP contribution is 2.38. The molecule has 0 radical (unpaired) electrons. The smallest absolute Gasteiger partial charge is 0.0417 e. The highest BCUT2D eigenvalue weighted by atomic mass is 32.1. The van der Waals surface area contributed by atoms with Crippen LogP contribution in [0.15, 0.2) is 6.07 Å². The zero-order valence-corrected chi connectivity index (χ0v) is 13.0. The fraction of sp³-hybridized carbons (Fsp3) is 0.765. The second kappa shape index (κ2) is 6.41. The van der Waals surface area contributed by atoms with E-state index >= 15 is 0 Å². The lowest BCUT2D eigenvalue weighted by atomic mass is 9.97. The van der Waals surface area contributed by atoms with Gasteiger partial charge < -0.3 is 5.32 Å². The third kappa shape index (κ3) is 3.22. The molecule has 1 atom stereocenters. The Balaban J connectivity index is 1.69. The van der Waals surface area contributed by atoms with Gasteiger partial charge in [-0.25, -0.2) is 0 Å². The Morgan fingerprint density at radius 3 is 2.84 bits per heavy atom. The van der Waals surface area contributed by atoms with E-state index < -0.39 is 0 Å². The minimum Gasteiger partial charge on any atom is -0.309 e. The van der Waals surface area contributed by atoms with Gasteiger partial charge in [0.05, 0.1) is 0 Å². The lowest BCUT2D eigenvalue weighted by molar-refractivity contribution is 0.399. The van der Waals surface area contributed by atoms with E-state index in [1.807, 2.05) is 0 Å². The Bertz CT molecular complexity index is 382. The Labute approximate surface area is 121 Å². The molecule has 3 rings (SSSR count). The molecule has 106 valence electrons. The minimum absolute atomic E-state index is 0.638. The van der Waals surface area contributed by atoms with E-state index in [1.165, 1.54) is 64.3 Å². The molecule has 1 heterocycles. The standard InChI is InChI=1S/C17H27NS/c1-2-10-18-15(11-13-6-3-4-7-13)17-12-14-8-5-9-16(14)19-17/h12-13,15,18H,2-11H2,1H3. The average Bonchev–Trinajstić information content (AvgIpc) is 3.09. The fourth-order valence-electron chi connectivity index (χ4n) is 3.72. The van der Waals surface area contributed by atoms with Gasteiger partial charge in [-0.05, 0) is 56.2 Å². The van der Waals surface area contributed by atoms with Gasteiger partial charge in [-0.15, -0.1) is 11.3 Å². The third-order valence-corrected chi connectivity index (χ3v) is 6.14. The normalized spacial score (nSPS) is 20.9. The van der Waals surface area contributed by atoms with Crippen LogP contribution in [0, 0.1) is 5.92 Å². The second-order valence-corrected chi connectivity index (χ2v) is 7.51. The van der Waals surface area contributed by atoms with Crippen LogP contribution >= 0.6 is 11.3 Å². The molecule has 1 aromatic heterocycles. The highest BCUT2D eigenvalue weighted by Gasteiger charge is 2.24. The van der Waals surface area contributed by atoms with Gasteiger partial charge in [-0.3, -0.25) is 0 Å². The van der Waals surface area contributed by atoms with Crippen molar-refractivity contribution < 1.29 is 0 Å². The maximum Gasteiger partial charge on any atom is 0.0417 e. The van der Waals surface area contributed by atoms with Gasteiger partial charge in [0.2, 0.25) is 0 Å². The van der Waals surface area contributed by atoms with E-state index in [2.05, 4.69) is 29.6 Å². The number of hydrogen-bond donors (Lipinski definition) is 1. The van der Waals surface area contributed by atoms with Crippen molar-refractivity contribution in [3.8, 4) is 0 Å². The van der Waals surface area contributed by atoms with Crippen molar-refractivity contribution in [3.63, 3.8) is 0 Å². The molecule has 0 aromatic carbocycles. The highest BCUT2D eigenvalue weighted by molar-refractivity contribution is 7.12. The van der Waals surface area contributed by atoms with Gasteiger partial charge in [0.1, 0.15) is 0 Å². The molecule has 19 heavy (non-hydrogen) atoms. The summed E-state index contributed by atoms with van der Waals surface area (Å²) in [6.45, 7) is 3.44. The topological polar surface area (TPSA) is 12.0 Å². The Kier molecular flexibility index (Phi) is 4.60. The lowest BCUT2D eigenvalue weighted by Gasteiger charge is -2.21. The molecule has 0 bridgehead atoms. The number of thiophene rings is 1. The molecule has 0 amide bonds. The summed E-state index contributed by atoms with van der Waals surface area (Å²) in [5, 5.41) is 3.81. The first-order valence-corrected chi connectivity index (χ1v) is 9.03. The maximum absolute atomic E-state index is 3.81. The Morgan fingerprint density at radius 1 is 1.26 bits per heavy atom. The van der Waals surface area contributed by atoms with Crippen LogP contribution in [0.1, 0.15) is 73.2 Å². The number of fused-ring (bicyclic) bond motifs is 1. The molecule has 1 nitrogen and oxygen atoms in total. The van der Waals surface area contributed by atoms with Crippen LogP contribution in [0.3, 0.4) is 0 Å². The molecule has 0 aliphatic heterocycles. The van der Waals surface area contributed by atoms with Crippen molar-refractivity contribution in [2.24, 2.45) is 5.92 Å². The SMILES string of the molecule is CCCNC(CC1CCCC1)c1cc2c(s1)CCC2. The summed E-state index contributed by atoms with van der Waals surface area (Å²) < 4.78 is 0. The van der Waals surface area contributed by atoms with Crippen LogP contribution in [0.2, 0.25) is 0 Å². The molecular weight excluding hydrogens is 250 g/mol. The minimum atomic E-state index is 0.638. The van der Waals surface area contributed by atoms with Crippen LogP contribution in [0.5, 0.6) is 0 Å². The predicted octanol–water partition coefficient (Wildman–Crippen LogP) is 4.86. The summed E-state index contributed by atoms with van der Waals surface area (Å²) in [5.41, 5.74) is 1.66. The molecule has 1 fully saturated rings. The number of rotatable bonds is 6. The summed E-state index contributed by atoms with van der Waals surface area (Å²) in [5.74, 6) is 0.978. The predicted molar refractivity (Wildman–Crippen MR) is 84.0 cm³/mol. The van der Waals surface area contributed by atoms with Gasteiger partial charge in [-0.1, -0.05) is 32.6 Å². The van der Waals surface area contributed by atoms with Crippen LogP contribution in [-0.2, 0) is 12.8 Å². The maximum atomic E-state index is 3.81. The van der Waals surface area contributed by atoms with Crippen LogP contribution in [-0.4, -0.2) is 6.54 Å². The Hall–Kier alpha value is -0.340. The average molecular weight is 277 g/mol. The van der Waals surface area contributed by atoms with Gasteiger partial charge in [0.15, 0.2) is 0 Å². The first-order chi connectivity index (χ1) is 9.36. The van der Waals surface area contributed by atoms with Crippen molar-refractivity contribution in [3.05, 3.63) is 21.4 Å². The van der Waals surface area contributed by atoms with Crippen molar-refractivity contribution in [1.29, 1.82) is 0 Å². The zero-order chi connectivity index (χ0) is 13.1. The molecule has 2 heteroatoms. The number of nitrogens with one attached hydrogen (secondary N) is 1. The van der Waals surface area contributed by atoms with Crippen LogP contribution in [0.25, 0.3) is 0 Å². The molecule has 0 spiro atoms. The first-order valence-electron chi connectivity index (χ1n) is 8.21. The van der Waals surface area contributed by atoms with E-state index in [-0.39, 0.29) is 0 Å². The third-order valence-electron chi connectivity index (χ3n) is 4.79. The molecule has 0 saturated heterocycles. The molecule has 1 saturated carbocycles. The molecule has 1 unspecified atom stereocenters. The van der Waals surface area contributed by atoms with E-state index in [1.54, 1.807) is 15.3 Å². The largest absolute Gasteiger partial charge is 0.309 e. The summed E-state index contributed by atoms with van der Waals surface area (Å²) in [4.78, 5) is 3.31. The van der Waals surface area contributed by atoms with E-state index in [0.29, 0.717) is 6.04 Å². The fourth-order valence-corrected chi connectivity index (χ4v) is 5.07. The Morgan fingerprint density at radius 2 is 2.11 bits per heavy atom. The number of hydrogen-bond acceptors (Lipinski definition) is 2. The molecular formula is C17H27NS.